The number of halogens is 1. The summed E-state index contributed by atoms with van der Waals surface area (Å²) in [4.78, 5) is 18.7. The molecular formula is C10H7FN2O. The van der Waals surface area contributed by atoms with E-state index in [4.69, 9.17) is 0 Å². The van der Waals surface area contributed by atoms with E-state index in [1.54, 1.807) is 6.92 Å². The van der Waals surface area contributed by atoms with Gasteiger partial charge in [0.2, 0.25) is 0 Å². The normalized spacial score (nSPS) is 10.4. The van der Waals surface area contributed by atoms with Crippen molar-refractivity contribution in [2.45, 2.75) is 6.92 Å². The van der Waals surface area contributed by atoms with E-state index in [0.29, 0.717) is 28.7 Å². The molecule has 0 saturated carbocycles. The largest absolute Gasteiger partial charge is 0.296 e. The predicted octanol–water partition coefficient (Wildman–Crippen LogP) is 1.89. The van der Waals surface area contributed by atoms with E-state index >= 15 is 0 Å². The van der Waals surface area contributed by atoms with E-state index < -0.39 is 0 Å². The molecule has 0 fully saturated rings. The van der Waals surface area contributed by atoms with Gasteiger partial charge in [-0.15, -0.1) is 0 Å². The third kappa shape index (κ3) is 1.35. The first kappa shape index (κ1) is 8.74. The highest BCUT2D eigenvalue weighted by Gasteiger charge is 2.04. The molecule has 0 amide bonds. The van der Waals surface area contributed by atoms with Crippen LogP contribution in [0.5, 0.6) is 0 Å². The molecule has 70 valence electrons. The van der Waals surface area contributed by atoms with Gasteiger partial charge in [-0.05, 0) is 19.1 Å². The number of aromatic nitrogens is 2. The maximum Gasteiger partial charge on any atom is 0.170 e. The van der Waals surface area contributed by atoms with E-state index in [9.17, 15) is 9.18 Å². The van der Waals surface area contributed by atoms with Crippen molar-refractivity contribution in [2.75, 3.05) is 0 Å². The SMILES string of the molecule is Cc1nc2cc(F)ccc2nc1C=O. The molecule has 3 nitrogen and oxygen atoms in total. The van der Waals surface area contributed by atoms with Crippen molar-refractivity contribution < 1.29 is 9.18 Å². The molecule has 14 heavy (non-hydrogen) atoms. The standard InChI is InChI=1S/C10H7FN2O/c1-6-10(5-14)13-8-3-2-7(11)4-9(8)12-6/h2-5H,1H3. The molecule has 2 aromatic rings. The van der Waals surface area contributed by atoms with Gasteiger partial charge in [-0.3, -0.25) is 4.79 Å². The minimum absolute atomic E-state index is 0.295. The van der Waals surface area contributed by atoms with Crippen LogP contribution in [0.3, 0.4) is 0 Å². The Balaban J connectivity index is 2.79. The molecule has 1 heterocycles. The molecular weight excluding hydrogens is 183 g/mol. The van der Waals surface area contributed by atoms with Gasteiger partial charge in [-0.1, -0.05) is 0 Å². The molecule has 0 radical (unpaired) electrons. The van der Waals surface area contributed by atoms with E-state index in [1.165, 1.54) is 18.2 Å². The second-order valence-electron chi connectivity index (χ2n) is 2.95. The van der Waals surface area contributed by atoms with Crippen molar-refractivity contribution in [2.24, 2.45) is 0 Å². The fourth-order valence-corrected chi connectivity index (χ4v) is 1.24. The first-order valence-corrected chi connectivity index (χ1v) is 4.10. The van der Waals surface area contributed by atoms with Crippen molar-refractivity contribution in [1.29, 1.82) is 0 Å². The maximum absolute atomic E-state index is 12.8. The van der Waals surface area contributed by atoms with Gasteiger partial charge in [-0.25, -0.2) is 14.4 Å². The monoisotopic (exact) mass is 190 g/mol. The van der Waals surface area contributed by atoms with Crippen LogP contribution in [0.2, 0.25) is 0 Å². The smallest absolute Gasteiger partial charge is 0.170 e. The Hall–Kier alpha value is -1.84. The summed E-state index contributed by atoms with van der Waals surface area (Å²) >= 11 is 0. The summed E-state index contributed by atoms with van der Waals surface area (Å²) in [7, 11) is 0. The van der Waals surface area contributed by atoms with Crippen molar-refractivity contribution >= 4 is 17.3 Å². The van der Waals surface area contributed by atoms with Gasteiger partial charge in [0.05, 0.1) is 16.7 Å². The van der Waals surface area contributed by atoms with Crippen molar-refractivity contribution in [1.82, 2.24) is 9.97 Å². The van der Waals surface area contributed by atoms with Gasteiger partial charge in [0, 0.05) is 6.07 Å². The lowest BCUT2D eigenvalue weighted by Gasteiger charge is -2.00. The molecule has 0 atom stereocenters. The van der Waals surface area contributed by atoms with Gasteiger partial charge in [0.1, 0.15) is 11.5 Å². The number of hydrogen-bond donors (Lipinski definition) is 0. The highest BCUT2D eigenvalue weighted by atomic mass is 19.1. The second kappa shape index (κ2) is 3.14. The first-order chi connectivity index (χ1) is 6.70. The molecule has 4 heteroatoms. The van der Waals surface area contributed by atoms with Gasteiger partial charge < -0.3 is 0 Å². The first-order valence-electron chi connectivity index (χ1n) is 4.10. The summed E-state index contributed by atoms with van der Waals surface area (Å²) in [5.74, 6) is -0.356. The Morgan fingerprint density at radius 3 is 2.79 bits per heavy atom. The molecule has 1 aromatic heterocycles. The molecule has 0 aliphatic heterocycles. The number of rotatable bonds is 1. The Bertz CT molecular complexity index is 511. The van der Waals surface area contributed by atoms with Gasteiger partial charge in [-0.2, -0.15) is 0 Å². The lowest BCUT2D eigenvalue weighted by molar-refractivity contribution is 0.111. The Labute approximate surface area is 79.6 Å². The Morgan fingerprint density at radius 1 is 1.29 bits per heavy atom. The highest BCUT2D eigenvalue weighted by Crippen LogP contribution is 2.12. The summed E-state index contributed by atoms with van der Waals surface area (Å²) in [5.41, 5.74) is 1.80. The number of fused-ring (bicyclic) bond motifs is 1. The van der Waals surface area contributed by atoms with Crippen LogP contribution in [-0.4, -0.2) is 16.3 Å². The van der Waals surface area contributed by atoms with Crippen LogP contribution in [0.25, 0.3) is 11.0 Å². The zero-order chi connectivity index (χ0) is 10.1. The van der Waals surface area contributed by atoms with E-state index in [-0.39, 0.29) is 5.82 Å². The fourth-order valence-electron chi connectivity index (χ4n) is 1.24. The quantitative estimate of drug-likeness (QED) is 0.645. The minimum atomic E-state index is -0.356. The van der Waals surface area contributed by atoms with Gasteiger partial charge in [0.25, 0.3) is 0 Å². The molecule has 2 rings (SSSR count). The zero-order valence-electron chi connectivity index (χ0n) is 7.49. The van der Waals surface area contributed by atoms with E-state index in [1.807, 2.05) is 0 Å². The minimum Gasteiger partial charge on any atom is -0.296 e. The van der Waals surface area contributed by atoms with Crippen LogP contribution >= 0.6 is 0 Å². The Kier molecular flexibility index (Phi) is 1.96. The number of carbonyl (C=O) groups is 1. The average molecular weight is 190 g/mol. The number of benzene rings is 1. The molecule has 0 aliphatic carbocycles. The van der Waals surface area contributed by atoms with E-state index in [2.05, 4.69) is 9.97 Å². The number of nitrogens with zero attached hydrogens (tertiary/aromatic N) is 2. The van der Waals surface area contributed by atoms with Crippen LogP contribution in [0, 0.1) is 12.7 Å². The molecule has 0 saturated heterocycles. The second-order valence-corrected chi connectivity index (χ2v) is 2.95. The van der Waals surface area contributed by atoms with Crippen LogP contribution < -0.4 is 0 Å². The zero-order valence-corrected chi connectivity index (χ0v) is 7.49. The van der Waals surface area contributed by atoms with Crippen molar-refractivity contribution in [3.63, 3.8) is 0 Å². The number of hydrogen-bond acceptors (Lipinski definition) is 3. The Morgan fingerprint density at radius 2 is 2.07 bits per heavy atom. The summed E-state index contributed by atoms with van der Waals surface area (Å²) in [5, 5.41) is 0. The summed E-state index contributed by atoms with van der Waals surface area (Å²) < 4.78 is 12.8. The summed E-state index contributed by atoms with van der Waals surface area (Å²) in [6.07, 6.45) is 0.644. The lowest BCUT2D eigenvalue weighted by atomic mass is 10.2. The topological polar surface area (TPSA) is 42.9 Å². The average Bonchev–Trinajstić information content (AvgIpc) is 2.16. The maximum atomic E-state index is 12.8. The lowest BCUT2D eigenvalue weighted by Crippen LogP contribution is -1.96. The molecule has 0 bridgehead atoms. The van der Waals surface area contributed by atoms with Crippen LogP contribution in [0.15, 0.2) is 18.2 Å². The van der Waals surface area contributed by atoms with Gasteiger partial charge >= 0.3 is 0 Å². The van der Waals surface area contributed by atoms with Crippen molar-refractivity contribution in [3.05, 3.63) is 35.4 Å². The van der Waals surface area contributed by atoms with Crippen LogP contribution in [0.1, 0.15) is 16.2 Å². The molecule has 0 unspecified atom stereocenters. The van der Waals surface area contributed by atoms with Gasteiger partial charge in [0.15, 0.2) is 6.29 Å². The molecule has 0 N–H and O–H groups in total. The highest BCUT2D eigenvalue weighted by molar-refractivity contribution is 5.81. The summed E-state index contributed by atoms with van der Waals surface area (Å²) in [6, 6.07) is 4.09. The molecule has 0 aliphatic rings. The number of aldehydes is 1. The molecule has 1 aromatic carbocycles. The summed E-state index contributed by atoms with van der Waals surface area (Å²) in [6.45, 7) is 1.67. The third-order valence-corrected chi connectivity index (χ3v) is 1.95. The van der Waals surface area contributed by atoms with Crippen molar-refractivity contribution in [3.8, 4) is 0 Å². The fraction of sp³-hybridized carbons (Fsp3) is 0.100. The number of carbonyl (C=O) groups excluding carboxylic acids is 1. The predicted molar refractivity (Wildman–Crippen MR) is 49.6 cm³/mol. The van der Waals surface area contributed by atoms with Crippen LogP contribution in [-0.2, 0) is 0 Å². The van der Waals surface area contributed by atoms with E-state index in [0.717, 1.165) is 0 Å². The third-order valence-electron chi connectivity index (χ3n) is 1.95. The number of aryl methyl sites for hydroxylation is 1. The molecule has 0 spiro atoms. The van der Waals surface area contributed by atoms with Crippen LogP contribution in [0.4, 0.5) is 4.39 Å².